The van der Waals surface area contributed by atoms with Gasteiger partial charge in [-0.3, -0.25) is 0 Å². The molecule has 20 heavy (non-hydrogen) atoms. The highest BCUT2D eigenvalue weighted by Gasteiger charge is 2.21. The van der Waals surface area contributed by atoms with Crippen LogP contribution in [-0.2, 0) is 0 Å². The third kappa shape index (κ3) is 4.00. The van der Waals surface area contributed by atoms with E-state index in [1.165, 1.54) is 37.7 Å². The van der Waals surface area contributed by atoms with Gasteiger partial charge >= 0.3 is 0 Å². The predicted octanol–water partition coefficient (Wildman–Crippen LogP) is 5.92. The van der Waals surface area contributed by atoms with Gasteiger partial charge < -0.3 is 5.32 Å². The molecule has 1 aliphatic carbocycles. The first kappa shape index (κ1) is 15.9. The van der Waals surface area contributed by atoms with Crippen LogP contribution in [0.25, 0.3) is 0 Å². The zero-order chi connectivity index (χ0) is 14.4. The van der Waals surface area contributed by atoms with E-state index in [0.29, 0.717) is 0 Å². The van der Waals surface area contributed by atoms with Gasteiger partial charge in [-0.05, 0) is 44.4 Å². The van der Waals surface area contributed by atoms with Crippen LogP contribution in [0.15, 0.2) is 29.8 Å². The summed E-state index contributed by atoms with van der Waals surface area (Å²) in [5, 5.41) is 5.07. The molecule has 2 rings (SSSR count). The Morgan fingerprint density at radius 2 is 1.80 bits per heavy atom. The molecular weight excluding hydrogens is 289 g/mol. The second-order valence-corrected chi connectivity index (χ2v) is 6.17. The Kier molecular flexibility index (Phi) is 6.41. The molecule has 0 radical (unpaired) electrons. The normalized spacial score (nSPS) is 20.6. The number of halogens is 2. The van der Waals surface area contributed by atoms with Gasteiger partial charge in [0.1, 0.15) is 0 Å². The zero-order valence-corrected chi connectivity index (χ0v) is 13.6. The molecule has 1 unspecified atom stereocenters. The number of allylic oxidation sites excluding steroid dienone is 1. The van der Waals surface area contributed by atoms with Crippen LogP contribution in [0.5, 0.6) is 0 Å². The van der Waals surface area contributed by atoms with Crippen LogP contribution >= 0.6 is 23.2 Å². The third-order valence-electron chi connectivity index (χ3n) is 3.89. The highest BCUT2D eigenvalue weighted by atomic mass is 35.5. The Bertz CT molecular complexity index is 448. The average molecular weight is 312 g/mol. The fraction of sp³-hybridized carbons (Fsp3) is 0.529. The topological polar surface area (TPSA) is 12.0 Å². The maximum Gasteiger partial charge on any atom is 0.0565 e. The van der Waals surface area contributed by atoms with Crippen LogP contribution in [0.2, 0.25) is 10.0 Å². The van der Waals surface area contributed by atoms with Crippen LogP contribution in [0.4, 0.5) is 0 Å². The van der Waals surface area contributed by atoms with Gasteiger partial charge in [0.2, 0.25) is 0 Å². The van der Waals surface area contributed by atoms with E-state index in [4.69, 9.17) is 23.2 Å². The van der Waals surface area contributed by atoms with E-state index >= 15 is 0 Å². The Balaban J connectivity index is 2.34. The molecule has 0 fully saturated rings. The lowest BCUT2D eigenvalue weighted by Gasteiger charge is -2.25. The van der Waals surface area contributed by atoms with E-state index in [9.17, 15) is 0 Å². The second kappa shape index (κ2) is 8.07. The summed E-state index contributed by atoms with van der Waals surface area (Å²) >= 11 is 12.8. The molecule has 1 aromatic rings. The highest BCUT2D eigenvalue weighted by Crippen LogP contribution is 2.36. The van der Waals surface area contributed by atoms with Gasteiger partial charge in [0.05, 0.1) is 6.04 Å². The zero-order valence-electron chi connectivity index (χ0n) is 12.1. The van der Waals surface area contributed by atoms with Crippen LogP contribution in [0.1, 0.15) is 57.1 Å². The lowest BCUT2D eigenvalue weighted by atomic mass is 9.90. The molecule has 0 bridgehead atoms. The molecule has 0 spiro atoms. The van der Waals surface area contributed by atoms with E-state index < -0.39 is 0 Å². The molecule has 0 aliphatic heterocycles. The van der Waals surface area contributed by atoms with Gasteiger partial charge in [-0.1, -0.05) is 60.7 Å². The lowest BCUT2D eigenvalue weighted by molar-refractivity contribution is 0.554. The second-order valence-electron chi connectivity index (χ2n) is 5.36. The summed E-state index contributed by atoms with van der Waals surface area (Å²) in [6.45, 7) is 3.03. The third-order valence-corrected chi connectivity index (χ3v) is 4.55. The van der Waals surface area contributed by atoms with E-state index in [1.54, 1.807) is 0 Å². The van der Waals surface area contributed by atoms with Crippen LogP contribution in [-0.4, -0.2) is 6.54 Å². The Morgan fingerprint density at radius 3 is 2.50 bits per heavy atom. The number of likely N-dealkylation sites (N-methyl/N-ethyl adjacent to an activating group) is 1. The molecule has 0 saturated heterocycles. The predicted molar refractivity (Wildman–Crippen MR) is 88.7 cm³/mol. The summed E-state index contributed by atoms with van der Waals surface area (Å²) in [6, 6.07) is 5.91. The smallest absolute Gasteiger partial charge is 0.0565 e. The minimum absolute atomic E-state index is 0.152. The van der Waals surface area contributed by atoms with Crippen molar-refractivity contribution in [2.75, 3.05) is 6.54 Å². The molecule has 0 heterocycles. The summed E-state index contributed by atoms with van der Waals surface area (Å²) in [5.41, 5.74) is 2.48. The van der Waals surface area contributed by atoms with Gasteiger partial charge in [-0.25, -0.2) is 0 Å². The minimum Gasteiger partial charge on any atom is -0.307 e. The van der Waals surface area contributed by atoms with Crippen molar-refractivity contribution in [2.45, 2.75) is 51.5 Å². The average Bonchev–Trinajstić information content (AvgIpc) is 2.37. The molecule has 1 nitrogen and oxygen atoms in total. The number of hydrogen-bond acceptors (Lipinski definition) is 1. The first-order valence-electron chi connectivity index (χ1n) is 7.60. The standard InChI is InChI=1S/C17H23Cl2N/c1-2-20-17(13-9-6-4-3-5-7-10-13)16-14(18)11-8-12-15(16)19/h8-9,11-12,17,20H,2-7,10H2,1H3/b13-9+. The summed E-state index contributed by atoms with van der Waals surface area (Å²) in [4.78, 5) is 0. The molecule has 0 amide bonds. The van der Waals surface area contributed by atoms with Gasteiger partial charge in [-0.15, -0.1) is 0 Å². The van der Waals surface area contributed by atoms with Crippen molar-refractivity contribution in [1.82, 2.24) is 5.32 Å². The fourth-order valence-electron chi connectivity index (χ4n) is 2.89. The lowest BCUT2D eigenvalue weighted by Crippen LogP contribution is -2.24. The van der Waals surface area contributed by atoms with Crippen molar-refractivity contribution in [3.63, 3.8) is 0 Å². The van der Waals surface area contributed by atoms with E-state index in [2.05, 4.69) is 18.3 Å². The molecule has 1 atom stereocenters. The van der Waals surface area contributed by atoms with Gasteiger partial charge in [-0.2, -0.15) is 0 Å². The number of rotatable bonds is 4. The van der Waals surface area contributed by atoms with Crippen molar-refractivity contribution in [2.24, 2.45) is 0 Å². The summed E-state index contributed by atoms with van der Waals surface area (Å²) in [6.07, 6.45) is 9.92. The maximum atomic E-state index is 6.40. The number of hydrogen-bond donors (Lipinski definition) is 1. The summed E-state index contributed by atoms with van der Waals surface area (Å²) < 4.78 is 0. The molecule has 3 heteroatoms. The SMILES string of the molecule is CCNC(/C1=C/CCCCCC1)c1c(Cl)cccc1Cl. The molecular formula is C17H23Cl2N. The molecule has 1 N–H and O–H groups in total. The number of nitrogens with one attached hydrogen (secondary N) is 1. The molecule has 0 saturated carbocycles. The Labute approximate surface area is 132 Å². The summed E-state index contributed by atoms with van der Waals surface area (Å²) in [5.74, 6) is 0. The molecule has 1 aromatic carbocycles. The van der Waals surface area contributed by atoms with Crippen molar-refractivity contribution in [1.29, 1.82) is 0 Å². The summed E-state index contributed by atoms with van der Waals surface area (Å²) in [7, 11) is 0. The molecule has 110 valence electrons. The van der Waals surface area contributed by atoms with E-state index in [1.807, 2.05) is 18.2 Å². The highest BCUT2D eigenvalue weighted by molar-refractivity contribution is 6.36. The minimum atomic E-state index is 0.152. The van der Waals surface area contributed by atoms with Crippen molar-refractivity contribution >= 4 is 23.2 Å². The van der Waals surface area contributed by atoms with E-state index in [0.717, 1.165) is 28.6 Å². The maximum absolute atomic E-state index is 6.40. The van der Waals surface area contributed by atoms with E-state index in [-0.39, 0.29) is 6.04 Å². The van der Waals surface area contributed by atoms with Crippen LogP contribution in [0.3, 0.4) is 0 Å². The first-order chi connectivity index (χ1) is 9.74. The van der Waals surface area contributed by atoms with Crippen LogP contribution < -0.4 is 5.32 Å². The van der Waals surface area contributed by atoms with Crippen LogP contribution in [0, 0.1) is 0 Å². The number of benzene rings is 1. The Morgan fingerprint density at radius 1 is 1.10 bits per heavy atom. The van der Waals surface area contributed by atoms with Gasteiger partial charge in [0.25, 0.3) is 0 Å². The fourth-order valence-corrected chi connectivity index (χ4v) is 3.50. The molecule has 0 aromatic heterocycles. The quantitative estimate of drug-likeness (QED) is 0.680. The molecule has 1 aliphatic rings. The van der Waals surface area contributed by atoms with Gasteiger partial charge in [0, 0.05) is 15.6 Å². The first-order valence-corrected chi connectivity index (χ1v) is 8.36. The van der Waals surface area contributed by atoms with Crippen molar-refractivity contribution in [3.05, 3.63) is 45.5 Å². The van der Waals surface area contributed by atoms with Crippen molar-refractivity contribution < 1.29 is 0 Å². The monoisotopic (exact) mass is 311 g/mol. The van der Waals surface area contributed by atoms with Crippen molar-refractivity contribution in [3.8, 4) is 0 Å². The largest absolute Gasteiger partial charge is 0.307 e. The van der Waals surface area contributed by atoms with Gasteiger partial charge in [0.15, 0.2) is 0 Å². The Hall–Kier alpha value is -0.500.